The second kappa shape index (κ2) is 2.48. The third-order valence-electron chi connectivity index (χ3n) is 2.50. The maximum Gasteiger partial charge on any atom is 0.407 e. The molecule has 0 fully saturated rings. The van der Waals surface area contributed by atoms with Crippen LogP contribution in [0.3, 0.4) is 0 Å². The average Bonchev–Trinajstić information content (AvgIpc) is 2.42. The van der Waals surface area contributed by atoms with Gasteiger partial charge in [0, 0.05) is 13.1 Å². The zero-order valence-corrected chi connectivity index (χ0v) is 6.66. The van der Waals surface area contributed by atoms with Crippen molar-refractivity contribution in [2.45, 2.75) is 18.9 Å². The van der Waals surface area contributed by atoms with E-state index in [2.05, 4.69) is 0 Å². The fraction of sp³-hybridized carbons (Fsp3) is 0.625. The molecule has 66 valence electrons. The Morgan fingerprint density at radius 1 is 1.33 bits per heavy atom. The average molecular weight is 169 g/mol. The van der Waals surface area contributed by atoms with Gasteiger partial charge in [-0.2, -0.15) is 0 Å². The van der Waals surface area contributed by atoms with Gasteiger partial charge in [0.05, 0.1) is 6.10 Å². The fourth-order valence-corrected chi connectivity index (χ4v) is 1.93. The summed E-state index contributed by atoms with van der Waals surface area (Å²) in [7, 11) is 0. The number of carboxylic acid groups (broad SMARTS) is 1. The molecule has 0 aromatic rings. The topological polar surface area (TPSA) is 60.8 Å². The van der Waals surface area contributed by atoms with E-state index in [0.29, 0.717) is 25.9 Å². The minimum absolute atomic E-state index is 0.258. The van der Waals surface area contributed by atoms with Gasteiger partial charge >= 0.3 is 6.09 Å². The second-order valence-electron chi connectivity index (χ2n) is 3.41. The maximum atomic E-state index is 10.6. The summed E-state index contributed by atoms with van der Waals surface area (Å²) in [6.07, 6.45) is 0.211. The third kappa shape index (κ3) is 1.08. The van der Waals surface area contributed by atoms with Crippen molar-refractivity contribution in [1.82, 2.24) is 4.90 Å². The standard InChI is InChI=1S/C8H11NO3/c10-7-1-5-3-9(8(11)12)4-6(5)2-7/h7,10H,1-4H2,(H,11,12). The van der Waals surface area contributed by atoms with E-state index in [1.165, 1.54) is 4.90 Å². The van der Waals surface area contributed by atoms with Gasteiger partial charge in [0.15, 0.2) is 0 Å². The largest absolute Gasteiger partial charge is 0.465 e. The molecule has 4 heteroatoms. The Balaban J connectivity index is 2.03. The van der Waals surface area contributed by atoms with Gasteiger partial charge in [-0.05, 0) is 24.0 Å². The second-order valence-corrected chi connectivity index (χ2v) is 3.41. The van der Waals surface area contributed by atoms with E-state index in [0.717, 1.165) is 11.1 Å². The Bertz CT molecular complexity index is 241. The molecule has 0 aromatic carbocycles. The summed E-state index contributed by atoms with van der Waals surface area (Å²) < 4.78 is 0. The number of aliphatic hydroxyl groups excluding tert-OH is 1. The van der Waals surface area contributed by atoms with Crippen LogP contribution in [0.5, 0.6) is 0 Å². The Morgan fingerprint density at radius 2 is 1.83 bits per heavy atom. The smallest absolute Gasteiger partial charge is 0.407 e. The van der Waals surface area contributed by atoms with E-state index < -0.39 is 6.09 Å². The van der Waals surface area contributed by atoms with Crippen LogP contribution in [-0.2, 0) is 0 Å². The summed E-state index contributed by atoms with van der Waals surface area (Å²) in [5, 5.41) is 17.9. The zero-order chi connectivity index (χ0) is 8.72. The molecule has 0 bridgehead atoms. The molecular weight excluding hydrogens is 158 g/mol. The molecule has 2 N–H and O–H groups in total. The number of carbonyl (C=O) groups is 1. The molecule has 0 saturated heterocycles. The van der Waals surface area contributed by atoms with Crippen LogP contribution in [0, 0.1) is 0 Å². The first-order chi connectivity index (χ1) is 5.66. The summed E-state index contributed by atoms with van der Waals surface area (Å²) in [6.45, 7) is 1.00. The highest BCUT2D eigenvalue weighted by atomic mass is 16.4. The molecular formula is C8H11NO3. The highest BCUT2D eigenvalue weighted by Crippen LogP contribution is 2.32. The van der Waals surface area contributed by atoms with Crippen molar-refractivity contribution in [3.8, 4) is 0 Å². The predicted octanol–water partition coefficient (Wildman–Crippen LogP) is 0.431. The number of aliphatic hydroxyl groups is 1. The van der Waals surface area contributed by atoms with Gasteiger partial charge in [0.1, 0.15) is 0 Å². The summed E-state index contributed by atoms with van der Waals surface area (Å²) in [6, 6.07) is 0. The molecule has 0 radical (unpaired) electrons. The Hall–Kier alpha value is -1.03. The molecule has 2 aliphatic rings. The van der Waals surface area contributed by atoms with Crippen LogP contribution < -0.4 is 0 Å². The lowest BCUT2D eigenvalue weighted by molar-refractivity contribution is 0.148. The first-order valence-electron chi connectivity index (χ1n) is 4.02. The molecule has 0 saturated carbocycles. The molecule has 0 unspecified atom stereocenters. The summed E-state index contributed by atoms with van der Waals surface area (Å²) in [5.74, 6) is 0. The highest BCUT2D eigenvalue weighted by molar-refractivity contribution is 5.67. The first-order valence-corrected chi connectivity index (χ1v) is 4.02. The lowest BCUT2D eigenvalue weighted by Crippen LogP contribution is -2.29. The Labute approximate surface area is 70.1 Å². The third-order valence-corrected chi connectivity index (χ3v) is 2.50. The van der Waals surface area contributed by atoms with Gasteiger partial charge in [-0.25, -0.2) is 4.79 Å². The molecule has 0 atom stereocenters. The van der Waals surface area contributed by atoms with Crippen LogP contribution in [-0.4, -0.2) is 40.4 Å². The molecule has 1 heterocycles. The minimum Gasteiger partial charge on any atom is -0.465 e. The van der Waals surface area contributed by atoms with Crippen molar-refractivity contribution in [2.75, 3.05) is 13.1 Å². The molecule has 2 rings (SSSR count). The quantitative estimate of drug-likeness (QED) is 0.517. The van der Waals surface area contributed by atoms with Gasteiger partial charge in [0.2, 0.25) is 0 Å². The van der Waals surface area contributed by atoms with E-state index in [1.807, 2.05) is 0 Å². The lowest BCUT2D eigenvalue weighted by atomic mass is 10.2. The van der Waals surface area contributed by atoms with E-state index in [1.54, 1.807) is 0 Å². The lowest BCUT2D eigenvalue weighted by Gasteiger charge is -2.14. The Kier molecular flexibility index (Phi) is 1.58. The SMILES string of the molecule is O=C(O)N1CC2=C(CC(O)C2)C1. The zero-order valence-electron chi connectivity index (χ0n) is 6.66. The number of hydrogen-bond donors (Lipinski definition) is 2. The van der Waals surface area contributed by atoms with Gasteiger partial charge in [-0.3, -0.25) is 0 Å². The van der Waals surface area contributed by atoms with Gasteiger partial charge in [0.25, 0.3) is 0 Å². The summed E-state index contributed by atoms with van der Waals surface area (Å²) in [4.78, 5) is 11.9. The molecule has 4 nitrogen and oxygen atoms in total. The number of nitrogens with zero attached hydrogens (tertiary/aromatic N) is 1. The fourth-order valence-electron chi connectivity index (χ4n) is 1.93. The number of rotatable bonds is 0. The van der Waals surface area contributed by atoms with Crippen molar-refractivity contribution in [1.29, 1.82) is 0 Å². The van der Waals surface area contributed by atoms with Crippen molar-refractivity contribution in [3.05, 3.63) is 11.1 Å². The van der Waals surface area contributed by atoms with E-state index in [-0.39, 0.29) is 6.10 Å². The van der Waals surface area contributed by atoms with E-state index in [4.69, 9.17) is 5.11 Å². The normalized spacial score (nSPS) is 23.6. The van der Waals surface area contributed by atoms with Crippen molar-refractivity contribution in [2.24, 2.45) is 0 Å². The van der Waals surface area contributed by atoms with Crippen molar-refractivity contribution >= 4 is 6.09 Å². The molecule has 12 heavy (non-hydrogen) atoms. The van der Waals surface area contributed by atoms with Crippen LogP contribution >= 0.6 is 0 Å². The van der Waals surface area contributed by atoms with E-state index in [9.17, 15) is 9.90 Å². The first kappa shape index (κ1) is 7.61. The van der Waals surface area contributed by atoms with Crippen molar-refractivity contribution in [3.63, 3.8) is 0 Å². The molecule has 0 aromatic heterocycles. The molecule has 1 amide bonds. The molecule has 0 spiro atoms. The number of hydrogen-bond acceptors (Lipinski definition) is 2. The number of likely N-dealkylation sites (tertiary alicyclic amines) is 1. The van der Waals surface area contributed by atoms with Gasteiger partial charge in [-0.1, -0.05) is 0 Å². The monoisotopic (exact) mass is 169 g/mol. The van der Waals surface area contributed by atoms with Gasteiger partial charge in [-0.15, -0.1) is 0 Å². The van der Waals surface area contributed by atoms with Gasteiger partial charge < -0.3 is 15.1 Å². The van der Waals surface area contributed by atoms with Crippen LogP contribution in [0.1, 0.15) is 12.8 Å². The summed E-state index contributed by atoms with van der Waals surface area (Å²) >= 11 is 0. The van der Waals surface area contributed by atoms with Crippen LogP contribution in [0.4, 0.5) is 4.79 Å². The van der Waals surface area contributed by atoms with Crippen LogP contribution in [0.2, 0.25) is 0 Å². The Morgan fingerprint density at radius 3 is 2.25 bits per heavy atom. The predicted molar refractivity (Wildman–Crippen MR) is 41.9 cm³/mol. The molecule has 1 aliphatic heterocycles. The van der Waals surface area contributed by atoms with E-state index >= 15 is 0 Å². The maximum absolute atomic E-state index is 10.6. The highest BCUT2D eigenvalue weighted by Gasteiger charge is 2.31. The van der Waals surface area contributed by atoms with Crippen LogP contribution in [0.25, 0.3) is 0 Å². The minimum atomic E-state index is -0.862. The number of amides is 1. The molecule has 1 aliphatic carbocycles. The van der Waals surface area contributed by atoms with Crippen molar-refractivity contribution < 1.29 is 15.0 Å². The summed E-state index contributed by atoms with van der Waals surface area (Å²) in [5.41, 5.74) is 2.26. The van der Waals surface area contributed by atoms with Crippen LogP contribution in [0.15, 0.2) is 11.1 Å².